The number of nitrogens with zero attached hydrogens (tertiary/aromatic N) is 4. The van der Waals surface area contributed by atoms with Crippen LogP contribution in [-0.2, 0) is 0 Å². The van der Waals surface area contributed by atoms with Crippen LogP contribution in [-0.4, -0.2) is 145 Å². The number of benzene rings is 9. The van der Waals surface area contributed by atoms with Gasteiger partial charge in [-0.05, 0) is 44.1 Å². The highest BCUT2D eigenvalue weighted by molar-refractivity contribution is 6.74. The molecule has 0 saturated carbocycles. The molecule has 12 aromatic rings. The number of hydrogen-bond acceptors (Lipinski definition) is 4. The summed E-state index contributed by atoms with van der Waals surface area (Å²) in [6.45, 7) is 0. The van der Waals surface area contributed by atoms with Gasteiger partial charge < -0.3 is 8.98 Å². The van der Waals surface area contributed by atoms with Crippen molar-refractivity contribution in [3.8, 4) is 51.0 Å². The third-order valence-electron chi connectivity index (χ3n) is 14.2. The second kappa shape index (κ2) is 17.4. The summed E-state index contributed by atoms with van der Waals surface area (Å²) in [5.41, 5.74) is 3.82. The van der Waals surface area contributed by atoms with E-state index in [9.17, 15) is 0 Å². The Morgan fingerprint density at radius 1 is 0.297 bits per heavy atom. The Morgan fingerprint density at radius 3 is 1.28 bits per heavy atom. The van der Waals surface area contributed by atoms with Crippen molar-refractivity contribution >= 4 is 278 Å². The lowest BCUT2D eigenvalue weighted by Gasteiger charge is -2.24. The van der Waals surface area contributed by atoms with Gasteiger partial charge in [0.2, 0.25) is 0 Å². The van der Waals surface area contributed by atoms with Crippen molar-refractivity contribution in [1.82, 2.24) is 19.5 Å². The lowest BCUT2D eigenvalue weighted by molar-refractivity contribution is 0.670. The molecule has 3 aromatic heterocycles. The number of aromatic nitrogens is 4. The van der Waals surface area contributed by atoms with Crippen LogP contribution in [0, 0.1) is 0 Å². The molecule has 21 heteroatoms. The standard InChI is InChI=1S/C53H16B16N4O/c54-30-25-26(33(57)38(62)37(61)32(25)56)36(60)46-27(30)28-34(58)39(63)41(65)44(68)47(28)73(46)48-43(67)31(55)23(24-29-35(59)40(64)42(66)45(69)49(29)74-50(24)48)21-15-16-22(20-14-8-7-13-19(20)21)53-71-51(17-9-3-1-4-10-17)70-52(72-53)18-11-5-2-6-12-18/h1-16H. The molecular formula is C53H16B16N4O. The maximum atomic E-state index is 7.49. The Morgan fingerprint density at radius 2 is 0.716 bits per heavy atom. The monoisotopic (exact) mass is 900 g/mol. The molecule has 0 atom stereocenters. The maximum Gasteiger partial charge on any atom is 0.164 e. The van der Waals surface area contributed by atoms with Crippen LogP contribution >= 0.6 is 0 Å². The molecule has 0 fully saturated rings. The summed E-state index contributed by atoms with van der Waals surface area (Å²) < 4.78 is 8.51. The molecule has 0 bridgehead atoms. The molecular weight excluding hydrogens is 882 g/mol. The first-order chi connectivity index (χ1) is 35.4. The minimum Gasteiger partial charge on any atom is -0.455 e. The van der Waals surface area contributed by atoms with Gasteiger partial charge in [0.15, 0.2) is 23.1 Å². The lowest BCUT2D eigenvalue weighted by Crippen LogP contribution is -2.50. The van der Waals surface area contributed by atoms with Gasteiger partial charge in [-0.2, -0.15) is 0 Å². The third-order valence-corrected chi connectivity index (χ3v) is 14.2. The fourth-order valence-electron chi connectivity index (χ4n) is 10.5. The molecule has 0 aliphatic carbocycles. The Bertz CT molecular complexity index is 4450. The fraction of sp³-hybridized carbons (Fsp3) is 0. The first kappa shape index (κ1) is 48.1. The normalized spacial score (nSPS) is 11.8. The summed E-state index contributed by atoms with van der Waals surface area (Å²) in [6.07, 6.45) is 0. The Kier molecular flexibility index (Phi) is 11.3. The average molecular weight is 898 g/mol. The quantitative estimate of drug-likeness (QED) is 0.162. The molecule has 0 spiro atoms. The molecule has 0 amide bonds. The van der Waals surface area contributed by atoms with Crippen molar-refractivity contribution < 1.29 is 4.42 Å². The summed E-state index contributed by atoms with van der Waals surface area (Å²) >= 11 is 0. The van der Waals surface area contributed by atoms with Gasteiger partial charge in [0.1, 0.15) is 131 Å². The minimum absolute atomic E-state index is 0.00198. The lowest BCUT2D eigenvalue weighted by atomic mass is 9.61. The van der Waals surface area contributed by atoms with Gasteiger partial charge >= 0.3 is 0 Å². The molecule has 0 aliphatic heterocycles. The Balaban J connectivity index is 1.24. The van der Waals surface area contributed by atoms with Crippen LogP contribution in [0.5, 0.6) is 0 Å². The van der Waals surface area contributed by atoms with Crippen LogP contribution in [0.25, 0.3) is 116 Å². The number of rotatable bonds is 5. The van der Waals surface area contributed by atoms with E-state index in [1.807, 2.05) is 97.1 Å². The van der Waals surface area contributed by atoms with E-state index >= 15 is 0 Å². The number of furan rings is 1. The molecule has 0 N–H and O–H groups in total. The highest BCUT2D eigenvalue weighted by Gasteiger charge is 2.31. The van der Waals surface area contributed by atoms with Gasteiger partial charge in [-0.15, -0.1) is 32.8 Å². The molecule has 302 valence electrons. The van der Waals surface area contributed by atoms with E-state index in [4.69, 9.17) is 145 Å². The maximum absolute atomic E-state index is 7.49. The van der Waals surface area contributed by atoms with Crippen LogP contribution in [0.2, 0.25) is 0 Å². The minimum atomic E-state index is -0.0529. The zero-order valence-corrected chi connectivity index (χ0v) is 39.2. The molecule has 74 heavy (non-hydrogen) atoms. The van der Waals surface area contributed by atoms with Gasteiger partial charge in [-0.1, -0.05) is 146 Å². The molecule has 3 heterocycles. The van der Waals surface area contributed by atoms with Crippen molar-refractivity contribution in [3.63, 3.8) is 0 Å². The van der Waals surface area contributed by atoms with Gasteiger partial charge in [0, 0.05) is 43.9 Å². The molecule has 9 aromatic carbocycles. The van der Waals surface area contributed by atoms with Gasteiger partial charge in [-0.3, -0.25) is 0 Å². The molecule has 0 saturated heterocycles. The number of fused-ring (bicyclic) bond motifs is 8. The van der Waals surface area contributed by atoms with Gasteiger partial charge in [0.05, 0.1) is 5.69 Å². The zero-order valence-electron chi connectivity index (χ0n) is 39.2. The average Bonchev–Trinajstić information content (AvgIpc) is 4.00. The summed E-state index contributed by atoms with van der Waals surface area (Å²) in [6, 6.07) is 30.9. The van der Waals surface area contributed by atoms with Crippen LogP contribution in [0.3, 0.4) is 0 Å². The van der Waals surface area contributed by atoms with Crippen molar-refractivity contribution in [2.24, 2.45) is 0 Å². The first-order valence-corrected chi connectivity index (χ1v) is 22.8. The molecule has 32 radical (unpaired) electrons. The topological polar surface area (TPSA) is 56.7 Å². The SMILES string of the molecule is [B]c1c([B])c([B])c2c(oc3c(-n4c5c([B])c([B])c([B])c([B])c5c5c([B])c6c([B])c([B])c([B])c([B])c6c([B])c54)c([B])c([B])c(-c4ccc(-c5nc(-c6ccccc6)nc(-c6ccccc6)n5)c5ccccc45)c32)c1[B]. The second-order valence-corrected chi connectivity index (χ2v) is 18.1. The predicted octanol–water partition coefficient (Wildman–Crippen LogP) is -5.46. The van der Waals surface area contributed by atoms with Crippen molar-refractivity contribution in [2.75, 3.05) is 0 Å². The first-order valence-electron chi connectivity index (χ1n) is 22.8. The predicted molar refractivity (Wildman–Crippen MR) is 324 cm³/mol. The number of hydrogen-bond donors (Lipinski definition) is 0. The zero-order chi connectivity index (χ0) is 52.1. The van der Waals surface area contributed by atoms with E-state index in [-0.39, 0.29) is 142 Å². The van der Waals surface area contributed by atoms with Crippen LogP contribution in [0.1, 0.15) is 0 Å². The molecule has 0 unspecified atom stereocenters. The highest BCUT2D eigenvalue weighted by atomic mass is 16.3. The van der Waals surface area contributed by atoms with E-state index in [2.05, 4.69) is 0 Å². The van der Waals surface area contributed by atoms with Gasteiger partial charge in [0.25, 0.3) is 0 Å². The summed E-state index contributed by atoms with van der Waals surface area (Å²) in [4.78, 5) is 15.0. The van der Waals surface area contributed by atoms with Crippen molar-refractivity contribution in [3.05, 3.63) is 97.1 Å². The van der Waals surface area contributed by atoms with Crippen molar-refractivity contribution in [1.29, 1.82) is 0 Å². The summed E-state index contributed by atoms with van der Waals surface area (Å²) in [5.74, 6) is 1.39. The Labute approximate surface area is 447 Å². The largest absolute Gasteiger partial charge is 0.455 e. The fourth-order valence-corrected chi connectivity index (χ4v) is 10.5. The Hall–Kier alpha value is -6.85. The van der Waals surface area contributed by atoms with E-state index in [0.717, 1.165) is 16.5 Å². The van der Waals surface area contributed by atoms with Crippen LogP contribution < -0.4 is 87.4 Å². The summed E-state index contributed by atoms with van der Waals surface area (Å²) in [5, 5.41) is 2.90. The smallest absolute Gasteiger partial charge is 0.164 e. The van der Waals surface area contributed by atoms with Crippen LogP contribution in [0.15, 0.2) is 101 Å². The summed E-state index contributed by atoms with van der Waals surface area (Å²) in [7, 11) is 110. The molecule has 12 rings (SSSR count). The van der Waals surface area contributed by atoms with Crippen LogP contribution in [0.4, 0.5) is 0 Å². The highest BCUT2D eigenvalue weighted by Crippen LogP contribution is 2.42. The third kappa shape index (κ3) is 6.63. The second-order valence-electron chi connectivity index (χ2n) is 18.1. The van der Waals surface area contributed by atoms with Gasteiger partial charge in [-0.25, -0.2) is 15.0 Å². The van der Waals surface area contributed by atoms with E-state index in [1.54, 1.807) is 4.57 Å². The van der Waals surface area contributed by atoms with Crippen molar-refractivity contribution in [2.45, 2.75) is 0 Å². The molecule has 0 aliphatic rings. The molecule has 5 nitrogen and oxygen atoms in total. The van der Waals surface area contributed by atoms with E-state index < -0.39 is 0 Å². The van der Waals surface area contributed by atoms with E-state index in [0.29, 0.717) is 44.9 Å². The van der Waals surface area contributed by atoms with E-state index in [1.165, 1.54) is 0 Å².